The summed E-state index contributed by atoms with van der Waals surface area (Å²) in [7, 11) is 0. The molecule has 146 valence electrons. The van der Waals surface area contributed by atoms with Crippen LogP contribution >= 0.6 is 0 Å². The Bertz CT molecular complexity index is 792. The van der Waals surface area contributed by atoms with Gasteiger partial charge in [-0.2, -0.15) is 0 Å². The van der Waals surface area contributed by atoms with Gasteiger partial charge in [0.1, 0.15) is 23.7 Å². The van der Waals surface area contributed by atoms with Gasteiger partial charge >= 0.3 is 0 Å². The van der Waals surface area contributed by atoms with Gasteiger partial charge in [-0.25, -0.2) is 0 Å². The lowest BCUT2D eigenvalue weighted by Gasteiger charge is -2.41. The predicted octanol–water partition coefficient (Wildman–Crippen LogP) is 4.36. The number of rotatable bonds is 4. The van der Waals surface area contributed by atoms with E-state index in [4.69, 9.17) is 20.9 Å². The summed E-state index contributed by atoms with van der Waals surface area (Å²) in [5.41, 5.74) is 13.2. The molecular weight excluding hydrogens is 348 g/mol. The largest absolute Gasteiger partial charge is 0.490 e. The number of hydrogen-bond acceptors (Lipinski definition) is 4. The molecule has 0 aliphatic heterocycles. The van der Waals surface area contributed by atoms with Crippen LogP contribution in [0, 0.1) is 35.5 Å². The summed E-state index contributed by atoms with van der Waals surface area (Å²) in [6.45, 7) is 0. The smallest absolute Gasteiger partial charge is 0.119 e. The Morgan fingerprint density at radius 2 is 0.964 bits per heavy atom. The van der Waals surface area contributed by atoms with Gasteiger partial charge < -0.3 is 20.9 Å². The fraction of sp³-hybridized carbons (Fsp3) is 0.500. The Morgan fingerprint density at radius 3 is 1.36 bits per heavy atom. The van der Waals surface area contributed by atoms with E-state index in [1.807, 2.05) is 48.5 Å². The molecule has 4 N–H and O–H groups in total. The van der Waals surface area contributed by atoms with E-state index in [1.165, 1.54) is 25.7 Å². The molecule has 2 aromatic rings. The van der Waals surface area contributed by atoms with Gasteiger partial charge in [-0.1, -0.05) is 0 Å². The first-order valence-corrected chi connectivity index (χ1v) is 10.7. The number of nitrogen functional groups attached to an aromatic ring is 2. The molecule has 0 saturated heterocycles. The van der Waals surface area contributed by atoms with Crippen molar-refractivity contribution in [1.29, 1.82) is 0 Å². The molecule has 4 nitrogen and oxygen atoms in total. The first kappa shape index (κ1) is 16.6. The molecule has 4 aliphatic carbocycles. The van der Waals surface area contributed by atoms with Gasteiger partial charge in [-0.05, 0) is 110 Å². The van der Waals surface area contributed by atoms with Crippen LogP contribution in [0.4, 0.5) is 11.4 Å². The van der Waals surface area contributed by atoms with Crippen molar-refractivity contribution in [1.82, 2.24) is 0 Å². The van der Waals surface area contributed by atoms with Crippen LogP contribution in [0.1, 0.15) is 25.7 Å². The lowest BCUT2D eigenvalue weighted by Crippen LogP contribution is -2.42. The van der Waals surface area contributed by atoms with Crippen molar-refractivity contribution in [3.63, 3.8) is 0 Å². The predicted molar refractivity (Wildman–Crippen MR) is 110 cm³/mol. The lowest BCUT2D eigenvalue weighted by atomic mass is 9.69. The van der Waals surface area contributed by atoms with E-state index in [9.17, 15) is 0 Å². The van der Waals surface area contributed by atoms with Crippen molar-refractivity contribution < 1.29 is 9.47 Å². The molecule has 4 fully saturated rings. The fourth-order valence-electron chi connectivity index (χ4n) is 7.19. The molecular formula is C24H28N2O2. The Labute approximate surface area is 166 Å². The van der Waals surface area contributed by atoms with E-state index in [0.29, 0.717) is 12.2 Å². The normalized spacial score (nSPS) is 39.9. The monoisotopic (exact) mass is 376 g/mol. The minimum atomic E-state index is 0.380. The van der Waals surface area contributed by atoms with E-state index >= 15 is 0 Å². The van der Waals surface area contributed by atoms with Crippen LogP contribution < -0.4 is 20.9 Å². The van der Waals surface area contributed by atoms with Crippen molar-refractivity contribution >= 4 is 11.4 Å². The first-order chi connectivity index (χ1) is 13.7. The van der Waals surface area contributed by atoms with Gasteiger partial charge in [0.2, 0.25) is 0 Å². The minimum Gasteiger partial charge on any atom is -0.490 e. The first-order valence-electron chi connectivity index (χ1n) is 10.7. The van der Waals surface area contributed by atoms with E-state index < -0.39 is 0 Å². The molecule has 8 unspecified atom stereocenters. The third-order valence-electron chi connectivity index (χ3n) is 8.03. The molecule has 6 rings (SSSR count). The summed E-state index contributed by atoms with van der Waals surface area (Å²) in [5, 5.41) is 0. The molecule has 4 saturated carbocycles. The van der Waals surface area contributed by atoms with Crippen molar-refractivity contribution in [3.8, 4) is 11.5 Å². The highest BCUT2D eigenvalue weighted by Gasteiger charge is 2.65. The van der Waals surface area contributed by atoms with Crippen molar-refractivity contribution in [3.05, 3.63) is 48.5 Å². The van der Waals surface area contributed by atoms with Crippen LogP contribution in [-0.2, 0) is 0 Å². The molecule has 4 bridgehead atoms. The maximum atomic E-state index is 6.42. The standard InChI is InChI=1S/C24H28N2O2/c25-15-1-5-17(6-2-15)27-21-11-13-9-19(21)23-14-10-20(24(13)23)22(12-14)28-18-7-3-16(26)4-8-18/h1-8,13-14,19-24H,9-12,25-26H2. The number of fused-ring (bicyclic) bond motifs is 9. The van der Waals surface area contributed by atoms with Gasteiger partial charge in [0.05, 0.1) is 0 Å². The Hall–Kier alpha value is -2.36. The quantitative estimate of drug-likeness (QED) is 0.614. The summed E-state index contributed by atoms with van der Waals surface area (Å²) in [5.74, 6) is 6.68. The highest BCUT2D eigenvalue weighted by atomic mass is 16.5. The average molecular weight is 377 g/mol. The van der Waals surface area contributed by atoms with E-state index in [2.05, 4.69) is 0 Å². The molecule has 0 amide bonds. The molecule has 2 aromatic carbocycles. The van der Waals surface area contributed by atoms with Gasteiger partial charge in [-0.3, -0.25) is 0 Å². The molecule has 0 radical (unpaired) electrons. The number of nitrogens with two attached hydrogens (primary N) is 2. The van der Waals surface area contributed by atoms with Crippen molar-refractivity contribution in [2.75, 3.05) is 11.5 Å². The third kappa shape index (κ3) is 2.50. The van der Waals surface area contributed by atoms with Crippen LogP contribution in [0.25, 0.3) is 0 Å². The lowest BCUT2D eigenvalue weighted by molar-refractivity contribution is 0.00363. The topological polar surface area (TPSA) is 70.5 Å². The minimum absolute atomic E-state index is 0.380. The Balaban J connectivity index is 1.15. The molecule has 8 atom stereocenters. The van der Waals surface area contributed by atoms with Crippen LogP contribution in [-0.4, -0.2) is 12.2 Å². The fourth-order valence-corrected chi connectivity index (χ4v) is 7.19. The number of ether oxygens (including phenoxy) is 2. The second kappa shape index (κ2) is 6.07. The SMILES string of the molecule is Nc1ccc(OC2CC3CC2C2C4CC(Oc5ccc(N)cc5)C(C4)C32)cc1. The summed E-state index contributed by atoms with van der Waals surface area (Å²) in [6, 6.07) is 15.8. The molecule has 28 heavy (non-hydrogen) atoms. The zero-order valence-electron chi connectivity index (χ0n) is 16.0. The molecule has 0 aromatic heterocycles. The van der Waals surface area contributed by atoms with Gasteiger partial charge in [0.25, 0.3) is 0 Å². The molecule has 0 heterocycles. The number of benzene rings is 2. The molecule has 4 heteroatoms. The van der Waals surface area contributed by atoms with E-state index in [0.717, 1.165) is 58.4 Å². The third-order valence-corrected chi connectivity index (χ3v) is 8.03. The maximum absolute atomic E-state index is 6.42. The number of anilines is 2. The van der Waals surface area contributed by atoms with Crippen LogP contribution in [0.2, 0.25) is 0 Å². The van der Waals surface area contributed by atoms with Crippen LogP contribution in [0.3, 0.4) is 0 Å². The van der Waals surface area contributed by atoms with Gasteiger partial charge in [0, 0.05) is 11.4 Å². The van der Waals surface area contributed by atoms with Gasteiger partial charge in [0.15, 0.2) is 0 Å². The zero-order chi connectivity index (χ0) is 18.8. The van der Waals surface area contributed by atoms with Crippen LogP contribution in [0.5, 0.6) is 11.5 Å². The molecule has 4 aliphatic rings. The van der Waals surface area contributed by atoms with Gasteiger partial charge in [-0.15, -0.1) is 0 Å². The second-order valence-corrected chi connectivity index (χ2v) is 9.40. The van der Waals surface area contributed by atoms with Crippen molar-refractivity contribution in [2.45, 2.75) is 37.9 Å². The summed E-state index contributed by atoms with van der Waals surface area (Å²) < 4.78 is 12.8. The van der Waals surface area contributed by atoms with E-state index in [-0.39, 0.29) is 0 Å². The summed E-state index contributed by atoms with van der Waals surface area (Å²) >= 11 is 0. The average Bonchev–Trinajstić information content (AvgIpc) is 3.44. The maximum Gasteiger partial charge on any atom is 0.119 e. The second-order valence-electron chi connectivity index (χ2n) is 9.40. The highest BCUT2D eigenvalue weighted by Crippen LogP contribution is 2.68. The summed E-state index contributed by atoms with van der Waals surface area (Å²) in [4.78, 5) is 0. The van der Waals surface area contributed by atoms with Crippen LogP contribution in [0.15, 0.2) is 48.5 Å². The molecule has 0 spiro atoms. The summed E-state index contributed by atoms with van der Waals surface area (Å²) in [6.07, 6.45) is 5.85. The van der Waals surface area contributed by atoms with E-state index in [1.54, 1.807) is 0 Å². The zero-order valence-corrected chi connectivity index (χ0v) is 16.0. The highest BCUT2D eigenvalue weighted by molar-refractivity contribution is 5.42. The Kier molecular flexibility index (Phi) is 3.59. The van der Waals surface area contributed by atoms with Crippen molar-refractivity contribution in [2.24, 2.45) is 35.5 Å². The number of hydrogen-bond donors (Lipinski definition) is 2. The Morgan fingerprint density at radius 1 is 0.571 bits per heavy atom.